The Labute approximate surface area is 117 Å². The number of amides is 2. The molecule has 0 atom stereocenters. The third-order valence-electron chi connectivity index (χ3n) is 2.97. The van der Waals surface area contributed by atoms with Gasteiger partial charge in [-0.05, 0) is 23.6 Å². The summed E-state index contributed by atoms with van der Waals surface area (Å²) in [5.41, 5.74) is 1.76. The molecule has 1 aromatic heterocycles. The van der Waals surface area contributed by atoms with E-state index < -0.39 is 0 Å². The van der Waals surface area contributed by atoms with Crippen molar-refractivity contribution < 1.29 is 14.6 Å². The van der Waals surface area contributed by atoms with E-state index >= 15 is 0 Å². The third-order valence-corrected chi connectivity index (χ3v) is 2.97. The molecule has 0 aliphatic carbocycles. The first kappa shape index (κ1) is 14.4. The van der Waals surface area contributed by atoms with Crippen molar-refractivity contribution in [3.63, 3.8) is 0 Å². The van der Waals surface area contributed by atoms with E-state index in [0.29, 0.717) is 12.3 Å². The summed E-state index contributed by atoms with van der Waals surface area (Å²) in [7, 11) is 1.67. The number of hydrogen-bond acceptors (Lipinski definition) is 3. The van der Waals surface area contributed by atoms with Crippen LogP contribution in [0.5, 0.6) is 0 Å². The molecule has 0 aliphatic rings. The van der Waals surface area contributed by atoms with Crippen molar-refractivity contribution in [3.05, 3.63) is 30.5 Å². The lowest BCUT2D eigenvalue weighted by Crippen LogP contribution is -2.30. The highest BCUT2D eigenvalue weighted by Gasteiger charge is 2.05. The Morgan fingerprint density at radius 2 is 2.25 bits per heavy atom. The van der Waals surface area contributed by atoms with E-state index in [-0.39, 0.29) is 19.2 Å². The van der Waals surface area contributed by atoms with Crippen LogP contribution in [-0.2, 0) is 11.3 Å². The molecule has 0 saturated carbocycles. The Morgan fingerprint density at radius 1 is 1.40 bits per heavy atom. The van der Waals surface area contributed by atoms with E-state index in [4.69, 9.17) is 9.84 Å². The highest BCUT2D eigenvalue weighted by Crippen LogP contribution is 2.20. The van der Waals surface area contributed by atoms with Crippen LogP contribution in [0.25, 0.3) is 10.9 Å². The summed E-state index contributed by atoms with van der Waals surface area (Å²) in [6, 6.07) is 7.43. The first-order valence-corrected chi connectivity index (χ1v) is 6.48. The first-order valence-electron chi connectivity index (χ1n) is 6.48. The van der Waals surface area contributed by atoms with Gasteiger partial charge in [-0.3, -0.25) is 0 Å². The van der Waals surface area contributed by atoms with Crippen LogP contribution < -0.4 is 10.6 Å². The van der Waals surface area contributed by atoms with Crippen LogP contribution in [0.4, 0.5) is 10.5 Å². The van der Waals surface area contributed by atoms with Crippen molar-refractivity contribution in [2.24, 2.45) is 0 Å². The van der Waals surface area contributed by atoms with Gasteiger partial charge in [-0.1, -0.05) is 6.07 Å². The van der Waals surface area contributed by atoms with E-state index in [2.05, 4.69) is 15.2 Å². The van der Waals surface area contributed by atoms with Crippen LogP contribution in [-0.4, -0.2) is 42.6 Å². The van der Waals surface area contributed by atoms with Gasteiger partial charge in [0, 0.05) is 32.1 Å². The van der Waals surface area contributed by atoms with Crippen molar-refractivity contribution in [1.29, 1.82) is 0 Å². The van der Waals surface area contributed by atoms with Crippen LogP contribution in [0.1, 0.15) is 0 Å². The maximum Gasteiger partial charge on any atom is 0.319 e. The molecule has 20 heavy (non-hydrogen) atoms. The Morgan fingerprint density at radius 3 is 3.00 bits per heavy atom. The summed E-state index contributed by atoms with van der Waals surface area (Å²) in [6.07, 6.45) is 2.00. The number of ether oxygens (including phenoxy) is 1. The maximum atomic E-state index is 11.5. The topological polar surface area (TPSA) is 75.5 Å². The average Bonchev–Trinajstić information content (AvgIpc) is 2.85. The Hall–Kier alpha value is -2.05. The van der Waals surface area contributed by atoms with Crippen LogP contribution in [0.2, 0.25) is 0 Å². The monoisotopic (exact) mass is 277 g/mol. The Bertz CT molecular complexity index is 580. The third kappa shape index (κ3) is 3.49. The van der Waals surface area contributed by atoms with Gasteiger partial charge in [-0.2, -0.15) is 0 Å². The van der Waals surface area contributed by atoms with Gasteiger partial charge in [0.05, 0.1) is 18.7 Å². The smallest absolute Gasteiger partial charge is 0.319 e. The van der Waals surface area contributed by atoms with E-state index in [9.17, 15) is 4.79 Å². The van der Waals surface area contributed by atoms with Gasteiger partial charge < -0.3 is 25.0 Å². The van der Waals surface area contributed by atoms with E-state index in [1.165, 1.54) is 0 Å². The zero-order valence-corrected chi connectivity index (χ0v) is 11.4. The predicted octanol–water partition coefficient (Wildman–Crippen LogP) is 1.40. The van der Waals surface area contributed by atoms with Gasteiger partial charge in [-0.25, -0.2) is 4.79 Å². The number of carbonyl (C=O) groups excluding carboxylic acids is 1. The zero-order chi connectivity index (χ0) is 14.4. The number of aromatic nitrogens is 1. The lowest BCUT2D eigenvalue weighted by molar-refractivity contribution is 0.188. The minimum absolute atomic E-state index is 0.0771. The fourth-order valence-electron chi connectivity index (χ4n) is 1.99. The lowest BCUT2D eigenvalue weighted by Gasteiger charge is -2.08. The second-order valence-corrected chi connectivity index (χ2v) is 4.38. The van der Waals surface area contributed by atoms with Crippen LogP contribution in [0.3, 0.4) is 0 Å². The summed E-state index contributed by atoms with van der Waals surface area (Å²) < 4.78 is 7.16. The second kappa shape index (κ2) is 6.93. The molecule has 0 fully saturated rings. The second-order valence-electron chi connectivity index (χ2n) is 4.38. The number of anilines is 1. The van der Waals surface area contributed by atoms with Gasteiger partial charge in [-0.15, -0.1) is 0 Å². The number of methoxy groups -OCH3 is 1. The fraction of sp³-hybridized carbons (Fsp3) is 0.357. The summed E-state index contributed by atoms with van der Waals surface area (Å²) in [6.45, 7) is 1.56. The molecule has 0 radical (unpaired) electrons. The number of fused-ring (bicyclic) bond motifs is 1. The molecule has 108 valence electrons. The summed E-state index contributed by atoms with van der Waals surface area (Å²) >= 11 is 0. The number of carbonyl (C=O) groups is 1. The van der Waals surface area contributed by atoms with Crippen LogP contribution >= 0.6 is 0 Å². The van der Waals surface area contributed by atoms with Crippen molar-refractivity contribution >= 4 is 22.6 Å². The zero-order valence-electron chi connectivity index (χ0n) is 11.4. The number of nitrogens with zero attached hydrogens (tertiary/aromatic N) is 1. The van der Waals surface area contributed by atoms with Crippen molar-refractivity contribution in [3.8, 4) is 0 Å². The summed E-state index contributed by atoms with van der Waals surface area (Å²) in [4.78, 5) is 11.5. The molecule has 1 heterocycles. The number of hydrogen-bond donors (Lipinski definition) is 3. The standard InChI is InChI=1S/C14H19N3O3/c1-20-9-7-17-6-4-11-2-3-12(10-13(11)17)16-14(19)15-5-8-18/h2-4,6,10,18H,5,7-9H2,1H3,(H2,15,16,19). The van der Waals surface area contributed by atoms with E-state index in [1.54, 1.807) is 7.11 Å². The number of benzene rings is 1. The van der Waals surface area contributed by atoms with E-state index in [0.717, 1.165) is 17.4 Å². The molecule has 0 aliphatic heterocycles. The van der Waals surface area contributed by atoms with Gasteiger partial charge in [0.15, 0.2) is 0 Å². The molecule has 0 bridgehead atoms. The van der Waals surface area contributed by atoms with Crippen LogP contribution in [0.15, 0.2) is 30.5 Å². The molecule has 3 N–H and O–H groups in total. The summed E-state index contributed by atoms with van der Waals surface area (Å²) in [5, 5.41) is 15.1. The van der Waals surface area contributed by atoms with Gasteiger partial charge in [0.1, 0.15) is 0 Å². The first-order chi connectivity index (χ1) is 9.74. The number of rotatable bonds is 6. The largest absolute Gasteiger partial charge is 0.395 e. The van der Waals surface area contributed by atoms with E-state index in [1.807, 2.05) is 30.5 Å². The van der Waals surface area contributed by atoms with Gasteiger partial charge in [0.25, 0.3) is 0 Å². The number of aliphatic hydroxyl groups excluding tert-OH is 1. The molecule has 1 aromatic carbocycles. The highest BCUT2D eigenvalue weighted by molar-refractivity contribution is 5.92. The van der Waals surface area contributed by atoms with Crippen molar-refractivity contribution in [2.45, 2.75) is 6.54 Å². The molecule has 2 rings (SSSR count). The van der Waals surface area contributed by atoms with Crippen molar-refractivity contribution in [1.82, 2.24) is 9.88 Å². The fourth-order valence-corrected chi connectivity index (χ4v) is 1.99. The quantitative estimate of drug-likeness (QED) is 0.747. The minimum Gasteiger partial charge on any atom is -0.395 e. The Balaban J connectivity index is 2.12. The molecule has 6 heteroatoms. The molecular formula is C14H19N3O3. The molecule has 0 unspecified atom stereocenters. The van der Waals surface area contributed by atoms with Crippen molar-refractivity contribution in [2.75, 3.05) is 32.2 Å². The van der Waals surface area contributed by atoms with Gasteiger partial charge in [0.2, 0.25) is 0 Å². The predicted molar refractivity (Wildman–Crippen MR) is 77.9 cm³/mol. The minimum atomic E-state index is -0.326. The normalized spacial score (nSPS) is 10.7. The average molecular weight is 277 g/mol. The molecule has 2 aromatic rings. The molecule has 6 nitrogen and oxygen atoms in total. The number of urea groups is 1. The molecule has 0 spiro atoms. The summed E-state index contributed by atoms with van der Waals surface area (Å²) in [5.74, 6) is 0. The lowest BCUT2D eigenvalue weighted by atomic mass is 10.2. The number of aliphatic hydroxyl groups is 1. The maximum absolute atomic E-state index is 11.5. The molecule has 2 amide bonds. The van der Waals surface area contributed by atoms with Crippen LogP contribution in [0, 0.1) is 0 Å². The van der Waals surface area contributed by atoms with Gasteiger partial charge >= 0.3 is 6.03 Å². The molecular weight excluding hydrogens is 258 g/mol. The molecule has 0 saturated heterocycles. The number of nitrogens with one attached hydrogen (secondary N) is 2. The SMILES string of the molecule is COCCn1ccc2ccc(NC(=O)NCCO)cc21. The Kier molecular flexibility index (Phi) is 4.97. The highest BCUT2D eigenvalue weighted by atomic mass is 16.5.